The second-order valence-electron chi connectivity index (χ2n) is 5.92. The average molecular weight is 359 g/mol. The largest absolute Gasteiger partial charge is 0.401 e. The summed E-state index contributed by atoms with van der Waals surface area (Å²) >= 11 is 0. The van der Waals surface area contributed by atoms with Crippen molar-refractivity contribution in [2.45, 2.75) is 96.4 Å². The number of alkyl halides is 3. The van der Waals surface area contributed by atoms with Crippen LogP contribution < -0.4 is 0 Å². The number of halogens is 3. The molecule has 0 bridgehead atoms. The minimum Gasteiger partial charge on any atom is -0.170 e. The van der Waals surface area contributed by atoms with Crippen molar-refractivity contribution in [3.8, 4) is 0 Å². The van der Waals surface area contributed by atoms with E-state index in [1.165, 1.54) is 10.8 Å². The van der Waals surface area contributed by atoms with Gasteiger partial charge in [0.25, 0.3) is 0 Å². The molecule has 1 atom stereocenters. The molecule has 0 aliphatic carbocycles. The van der Waals surface area contributed by atoms with Crippen LogP contribution in [0.3, 0.4) is 0 Å². The van der Waals surface area contributed by atoms with Gasteiger partial charge in [0.1, 0.15) is 5.25 Å². The maximum Gasteiger partial charge on any atom is 0.401 e. The van der Waals surface area contributed by atoms with E-state index in [-0.39, 0.29) is 5.92 Å². The zero-order chi connectivity index (χ0) is 16.8. The maximum absolute atomic E-state index is 13.4. The Morgan fingerprint density at radius 3 is 1.64 bits per heavy atom. The third-order valence-corrected chi connectivity index (χ3v) is 6.87. The van der Waals surface area contributed by atoms with Gasteiger partial charge in [-0.15, -0.1) is 0 Å². The molecule has 0 N–H and O–H groups in total. The molecule has 5 heteroatoms. The smallest absolute Gasteiger partial charge is 0.170 e. The zero-order valence-electron chi connectivity index (χ0n) is 14.4. The highest BCUT2D eigenvalue weighted by atomic mass is 33.1. The molecule has 0 saturated carbocycles. The van der Waals surface area contributed by atoms with Gasteiger partial charge in [0.2, 0.25) is 0 Å². The number of hydrogen-bond acceptors (Lipinski definition) is 2. The van der Waals surface area contributed by atoms with Gasteiger partial charge in [0.15, 0.2) is 0 Å². The van der Waals surface area contributed by atoms with Gasteiger partial charge in [-0.2, -0.15) is 13.2 Å². The Morgan fingerprint density at radius 2 is 1.27 bits per heavy atom. The fourth-order valence-corrected chi connectivity index (χ4v) is 5.12. The molecule has 0 aromatic carbocycles. The van der Waals surface area contributed by atoms with Gasteiger partial charge in [0, 0.05) is 5.75 Å². The summed E-state index contributed by atoms with van der Waals surface area (Å²) < 4.78 is 40.2. The molecule has 0 aromatic heterocycles. The van der Waals surface area contributed by atoms with Crippen LogP contribution in [0.15, 0.2) is 0 Å². The Hall–Kier alpha value is 0.490. The molecule has 0 heterocycles. The van der Waals surface area contributed by atoms with E-state index in [1.807, 2.05) is 6.92 Å². The van der Waals surface area contributed by atoms with Gasteiger partial charge in [-0.3, -0.25) is 0 Å². The summed E-state index contributed by atoms with van der Waals surface area (Å²) in [6.45, 7) is 6.19. The second-order valence-corrected chi connectivity index (χ2v) is 8.72. The van der Waals surface area contributed by atoms with E-state index in [0.29, 0.717) is 0 Å². The third kappa shape index (κ3) is 11.1. The molecule has 0 radical (unpaired) electrons. The van der Waals surface area contributed by atoms with Gasteiger partial charge in [-0.25, -0.2) is 0 Å². The van der Waals surface area contributed by atoms with E-state index >= 15 is 0 Å². The Labute approximate surface area is 143 Å². The minimum atomic E-state index is -4.08. The minimum absolute atomic E-state index is 0.210. The van der Waals surface area contributed by atoms with Gasteiger partial charge in [-0.1, -0.05) is 93.7 Å². The van der Waals surface area contributed by atoms with Gasteiger partial charge >= 0.3 is 6.18 Å². The zero-order valence-corrected chi connectivity index (χ0v) is 16.0. The topological polar surface area (TPSA) is 0 Å². The predicted octanol–water partition coefficient (Wildman–Crippen LogP) is 7.88. The molecule has 0 aliphatic rings. The van der Waals surface area contributed by atoms with Crippen molar-refractivity contribution >= 4 is 21.6 Å². The Kier molecular flexibility index (Phi) is 14.2. The fourth-order valence-electron chi connectivity index (χ4n) is 2.66. The first kappa shape index (κ1) is 22.5. The standard InChI is InChI=1S/C17H33F3S2/c1-4-7-9-11-13-15(14-12-10-8-5-2)16(17(18,19)20)22-21-6-3/h15-16H,4-14H2,1-3H3. The summed E-state index contributed by atoms with van der Waals surface area (Å²) in [7, 11) is 2.41. The SMILES string of the molecule is CCCCCCC(CCCCCC)C(SSCC)C(F)(F)F. The number of unbranched alkanes of at least 4 members (excludes halogenated alkanes) is 6. The molecule has 22 heavy (non-hydrogen) atoms. The molecule has 0 amide bonds. The summed E-state index contributed by atoms with van der Waals surface area (Å²) in [5.74, 6) is 0.521. The summed E-state index contributed by atoms with van der Waals surface area (Å²) in [6.07, 6.45) is 5.93. The van der Waals surface area contributed by atoms with Crippen molar-refractivity contribution in [1.29, 1.82) is 0 Å². The highest BCUT2D eigenvalue weighted by Crippen LogP contribution is 2.44. The first-order valence-electron chi connectivity index (χ1n) is 8.82. The molecule has 0 aromatic rings. The van der Waals surface area contributed by atoms with E-state index in [9.17, 15) is 13.2 Å². The Bertz CT molecular complexity index is 233. The number of rotatable bonds is 14. The van der Waals surface area contributed by atoms with Crippen molar-refractivity contribution in [3.63, 3.8) is 0 Å². The molecule has 0 aliphatic heterocycles. The molecule has 1 unspecified atom stereocenters. The Morgan fingerprint density at radius 1 is 0.773 bits per heavy atom. The molecular weight excluding hydrogens is 325 g/mol. The van der Waals surface area contributed by atoms with Gasteiger partial charge < -0.3 is 0 Å². The van der Waals surface area contributed by atoms with Crippen molar-refractivity contribution in [2.24, 2.45) is 5.92 Å². The molecule has 0 nitrogen and oxygen atoms in total. The monoisotopic (exact) mass is 358 g/mol. The van der Waals surface area contributed by atoms with Gasteiger partial charge in [-0.05, 0) is 18.8 Å². The second kappa shape index (κ2) is 13.9. The summed E-state index contributed by atoms with van der Waals surface area (Å²) in [5, 5.41) is -1.19. The van der Waals surface area contributed by atoms with E-state index in [2.05, 4.69) is 13.8 Å². The average Bonchev–Trinajstić information content (AvgIpc) is 2.46. The van der Waals surface area contributed by atoms with Crippen LogP contribution in [-0.2, 0) is 0 Å². The van der Waals surface area contributed by atoms with Crippen LogP contribution in [0.1, 0.15) is 85.0 Å². The third-order valence-electron chi connectivity index (χ3n) is 3.90. The van der Waals surface area contributed by atoms with E-state index < -0.39 is 11.4 Å². The van der Waals surface area contributed by atoms with Crippen LogP contribution in [-0.4, -0.2) is 17.2 Å². The van der Waals surface area contributed by atoms with Crippen molar-refractivity contribution in [3.05, 3.63) is 0 Å². The highest BCUT2D eigenvalue weighted by molar-refractivity contribution is 8.76. The lowest BCUT2D eigenvalue weighted by molar-refractivity contribution is -0.138. The Balaban J connectivity index is 4.57. The molecule has 0 fully saturated rings. The van der Waals surface area contributed by atoms with E-state index in [4.69, 9.17) is 0 Å². The van der Waals surface area contributed by atoms with Crippen LogP contribution in [0, 0.1) is 5.92 Å². The lowest BCUT2D eigenvalue weighted by atomic mass is 9.91. The van der Waals surface area contributed by atoms with Crippen LogP contribution in [0.4, 0.5) is 13.2 Å². The molecular formula is C17H33F3S2. The molecule has 134 valence electrons. The first-order valence-corrected chi connectivity index (χ1v) is 11.2. The lowest BCUT2D eigenvalue weighted by Gasteiger charge is -2.28. The van der Waals surface area contributed by atoms with E-state index in [0.717, 1.165) is 80.8 Å². The summed E-state index contributed by atoms with van der Waals surface area (Å²) in [6, 6.07) is 0. The summed E-state index contributed by atoms with van der Waals surface area (Å²) in [5.41, 5.74) is 0. The molecule has 0 spiro atoms. The molecule has 0 rings (SSSR count). The van der Waals surface area contributed by atoms with Gasteiger partial charge in [0.05, 0.1) is 0 Å². The van der Waals surface area contributed by atoms with Crippen LogP contribution in [0.2, 0.25) is 0 Å². The normalized spacial score (nSPS) is 13.8. The van der Waals surface area contributed by atoms with Crippen LogP contribution >= 0.6 is 21.6 Å². The first-order chi connectivity index (χ1) is 10.5. The van der Waals surface area contributed by atoms with Crippen LogP contribution in [0.25, 0.3) is 0 Å². The van der Waals surface area contributed by atoms with E-state index in [1.54, 1.807) is 0 Å². The quantitative estimate of drug-likeness (QED) is 0.229. The van der Waals surface area contributed by atoms with Crippen molar-refractivity contribution < 1.29 is 13.2 Å². The van der Waals surface area contributed by atoms with Crippen molar-refractivity contribution in [2.75, 3.05) is 5.75 Å². The maximum atomic E-state index is 13.4. The van der Waals surface area contributed by atoms with Crippen molar-refractivity contribution in [1.82, 2.24) is 0 Å². The number of hydrogen-bond donors (Lipinski definition) is 0. The fraction of sp³-hybridized carbons (Fsp3) is 1.00. The van der Waals surface area contributed by atoms with Crippen LogP contribution in [0.5, 0.6) is 0 Å². The highest BCUT2D eigenvalue weighted by Gasteiger charge is 2.44. The predicted molar refractivity (Wildman–Crippen MR) is 96.6 cm³/mol. The summed E-state index contributed by atoms with van der Waals surface area (Å²) in [4.78, 5) is 0. The molecule has 0 saturated heterocycles. The lowest BCUT2D eigenvalue weighted by Crippen LogP contribution is -2.33.